The zero-order valence-corrected chi connectivity index (χ0v) is 24.3. The van der Waals surface area contributed by atoms with Gasteiger partial charge >= 0.3 is 5.97 Å². The normalized spacial score (nSPS) is 19.0. The molecule has 0 spiro atoms. The van der Waals surface area contributed by atoms with E-state index >= 15 is 0 Å². The first-order valence-corrected chi connectivity index (χ1v) is 14.7. The molecule has 5 rings (SSSR count). The van der Waals surface area contributed by atoms with Crippen LogP contribution in [0.15, 0.2) is 52.9 Å². The van der Waals surface area contributed by atoms with Gasteiger partial charge in [-0.05, 0) is 37.3 Å². The molecule has 0 radical (unpaired) electrons. The number of benzene rings is 2. The standard InChI is InChI=1S/C31H33N5O9/c37-17-19-8-4-10-23-27(19)34-30(45-23)28(42)21(16-26(40)41)33-29(43)22-9-5-15-35-25(39)14-12-20(31(44)36(22)35)32-24(38)13-11-18-6-2-1-3-7-18/h1-4,6-8,10,20-22,37H,5,9,11-17H2,(H,32,38)(H,33,43)(H,40,41)/t20-,21-,22-/m0/s1. The van der Waals surface area contributed by atoms with Crippen LogP contribution in [0.3, 0.4) is 0 Å². The van der Waals surface area contributed by atoms with Crippen LogP contribution in [0.1, 0.15) is 60.3 Å². The number of fused-ring (bicyclic) bond motifs is 2. The first kappa shape index (κ1) is 31.3. The van der Waals surface area contributed by atoms with Gasteiger partial charge < -0.3 is 25.3 Å². The van der Waals surface area contributed by atoms with E-state index in [0.717, 1.165) is 10.6 Å². The Kier molecular flexibility index (Phi) is 9.52. The topological polar surface area (TPSA) is 199 Å². The van der Waals surface area contributed by atoms with E-state index in [-0.39, 0.29) is 55.8 Å². The van der Waals surface area contributed by atoms with E-state index in [1.807, 2.05) is 30.3 Å². The molecule has 14 nitrogen and oxygen atoms in total. The van der Waals surface area contributed by atoms with E-state index in [2.05, 4.69) is 15.6 Å². The van der Waals surface area contributed by atoms with Gasteiger partial charge in [0.1, 0.15) is 23.6 Å². The van der Waals surface area contributed by atoms with Gasteiger partial charge in [0.05, 0.1) is 13.0 Å². The van der Waals surface area contributed by atoms with Crippen molar-refractivity contribution >= 4 is 46.5 Å². The highest BCUT2D eigenvalue weighted by molar-refractivity contribution is 6.03. The molecule has 0 saturated carbocycles. The van der Waals surface area contributed by atoms with Crippen LogP contribution < -0.4 is 10.6 Å². The fourth-order valence-electron chi connectivity index (χ4n) is 5.61. The lowest BCUT2D eigenvalue weighted by Gasteiger charge is -2.43. The van der Waals surface area contributed by atoms with Crippen LogP contribution in [0.4, 0.5) is 0 Å². The largest absolute Gasteiger partial charge is 0.481 e. The molecular weight excluding hydrogens is 586 g/mol. The van der Waals surface area contributed by atoms with E-state index in [0.29, 0.717) is 18.4 Å². The monoisotopic (exact) mass is 619 g/mol. The second-order valence-corrected chi connectivity index (χ2v) is 11.0. The van der Waals surface area contributed by atoms with Crippen molar-refractivity contribution in [3.05, 3.63) is 65.5 Å². The highest BCUT2D eigenvalue weighted by atomic mass is 16.4. The van der Waals surface area contributed by atoms with Crippen molar-refractivity contribution in [1.82, 2.24) is 25.6 Å². The summed E-state index contributed by atoms with van der Waals surface area (Å²) in [4.78, 5) is 82.4. The Bertz CT molecular complexity index is 1620. The summed E-state index contributed by atoms with van der Waals surface area (Å²) >= 11 is 0. The van der Waals surface area contributed by atoms with Crippen molar-refractivity contribution in [2.75, 3.05) is 6.54 Å². The third-order valence-electron chi connectivity index (χ3n) is 7.88. The predicted octanol–water partition coefficient (Wildman–Crippen LogP) is 1.11. The maximum absolute atomic E-state index is 13.8. The number of hydrogen-bond acceptors (Lipinski definition) is 9. The summed E-state index contributed by atoms with van der Waals surface area (Å²) in [6.07, 6.45) is 0.274. The lowest BCUT2D eigenvalue weighted by Crippen LogP contribution is -2.64. The minimum absolute atomic E-state index is 0.0338. The number of carbonyl (C=O) groups is 6. The molecule has 4 N–H and O–H groups in total. The Morgan fingerprint density at radius 3 is 2.56 bits per heavy atom. The number of rotatable bonds is 11. The van der Waals surface area contributed by atoms with Crippen LogP contribution in [0.5, 0.6) is 0 Å². The molecule has 236 valence electrons. The van der Waals surface area contributed by atoms with Crippen molar-refractivity contribution in [3.63, 3.8) is 0 Å². The van der Waals surface area contributed by atoms with Crippen LogP contribution in [-0.2, 0) is 37.0 Å². The minimum Gasteiger partial charge on any atom is -0.481 e. The Morgan fingerprint density at radius 1 is 1.04 bits per heavy atom. The molecule has 2 saturated heterocycles. The molecule has 0 bridgehead atoms. The molecule has 3 heterocycles. The van der Waals surface area contributed by atoms with Crippen LogP contribution in [0, 0.1) is 0 Å². The number of aromatic nitrogens is 1. The summed E-state index contributed by atoms with van der Waals surface area (Å²) < 4.78 is 5.52. The molecule has 14 heteroatoms. The Balaban J connectivity index is 1.33. The van der Waals surface area contributed by atoms with E-state index in [4.69, 9.17) is 4.42 Å². The zero-order valence-electron chi connectivity index (χ0n) is 24.3. The molecular formula is C31H33N5O9. The first-order chi connectivity index (χ1) is 21.7. The van der Waals surface area contributed by atoms with E-state index in [1.54, 1.807) is 12.1 Å². The van der Waals surface area contributed by atoms with Crippen molar-refractivity contribution in [2.45, 2.75) is 69.7 Å². The summed E-state index contributed by atoms with van der Waals surface area (Å²) in [5, 5.41) is 26.5. The summed E-state index contributed by atoms with van der Waals surface area (Å²) in [5.41, 5.74) is 1.75. The molecule has 2 aliphatic heterocycles. The number of aryl methyl sites for hydroxylation is 1. The van der Waals surface area contributed by atoms with Crippen molar-refractivity contribution in [3.8, 4) is 0 Å². The maximum Gasteiger partial charge on any atom is 0.305 e. The van der Waals surface area contributed by atoms with E-state index < -0.39 is 59.9 Å². The van der Waals surface area contributed by atoms with Gasteiger partial charge in [-0.1, -0.05) is 42.5 Å². The number of oxazole rings is 1. The van der Waals surface area contributed by atoms with Gasteiger partial charge in [0, 0.05) is 24.9 Å². The molecule has 0 aliphatic carbocycles. The van der Waals surface area contributed by atoms with Gasteiger partial charge in [0.2, 0.25) is 23.5 Å². The highest BCUT2D eigenvalue weighted by Gasteiger charge is 2.45. The summed E-state index contributed by atoms with van der Waals surface area (Å²) in [5.74, 6) is -5.03. The third-order valence-corrected chi connectivity index (χ3v) is 7.88. The number of nitrogens with zero attached hydrogens (tertiary/aromatic N) is 3. The predicted molar refractivity (Wildman–Crippen MR) is 156 cm³/mol. The van der Waals surface area contributed by atoms with Crippen molar-refractivity contribution < 1.29 is 43.4 Å². The molecule has 45 heavy (non-hydrogen) atoms. The quantitative estimate of drug-likeness (QED) is 0.225. The van der Waals surface area contributed by atoms with Crippen LogP contribution in [-0.4, -0.2) is 85.3 Å². The molecule has 2 aliphatic rings. The molecule has 3 aromatic rings. The number of carboxylic acid groups (broad SMARTS) is 1. The zero-order chi connectivity index (χ0) is 32.1. The van der Waals surface area contributed by atoms with E-state index in [1.165, 1.54) is 11.1 Å². The fourth-order valence-corrected chi connectivity index (χ4v) is 5.61. The molecule has 4 amide bonds. The van der Waals surface area contributed by atoms with Gasteiger partial charge in [-0.2, -0.15) is 0 Å². The Morgan fingerprint density at radius 2 is 1.82 bits per heavy atom. The van der Waals surface area contributed by atoms with Crippen LogP contribution in [0.25, 0.3) is 11.1 Å². The maximum atomic E-state index is 13.8. The third kappa shape index (κ3) is 7.01. The number of carbonyl (C=O) groups excluding carboxylic acids is 5. The highest BCUT2D eigenvalue weighted by Crippen LogP contribution is 2.26. The Hall–Kier alpha value is -5.11. The number of amides is 4. The summed E-state index contributed by atoms with van der Waals surface area (Å²) in [7, 11) is 0. The van der Waals surface area contributed by atoms with Crippen LogP contribution >= 0.6 is 0 Å². The fraction of sp³-hybridized carbons (Fsp3) is 0.387. The van der Waals surface area contributed by atoms with Crippen molar-refractivity contribution in [1.29, 1.82) is 0 Å². The number of hydrogen-bond donors (Lipinski definition) is 4. The molecule has 0 unspecified atom stereocenters. The number of ketones is 1. The average Bonchev–Trinajstić information content (AvgIpc) is 3.44. The van der Waals surface area contributed by atoms with Gasteiger partial charge in [0.25, 0.3) is 11.8 Å². The number of aliphatic hydroxyl groups excluding tert-OH is 1. The van der Waals surface area contributed by atoms with Gasteiger partial charge in [-0.3, -0.25) is 33.8 Å². The Labute approximate surface area is 257 Å². The van der Waals surface area contributed by atoms with E-state index in [9.17, 15) is 39.0 Å². The van der Waals surface area contributed by atoms with Crippen LogP contribution in [0.2, 0.25) is 0 Å². The summed E-state index contributed by atoms with van der Waals surface area (Å²) in [6.45, 7) is -0.196. The minimum atomic E-state index is -1.61. The number of carboxylic acids is 1. The molecule has 2 aromatic carbocycles. The summed E-state index contributed by atoms with van der Waals surface area (Å²) in [6, 6.07) is 10.1. The van der Waals surface area contributed by atoms with Gasteiger partial charge in [-0.25, -0.2) is 9.99 Å². The number of aliphatic hydroxyl groups is 1. The smallest absolute Gasteiger partial charge is 0.305 e. The lowest BCUT2D eigenvalue weighted by molar-refractivity contribution is -0.176. The van der Waals surface area contributed by atoms with Gasteiger partial charge in [0.15, 0.2) is 5.58 Å². The molecule has 3 atom stereocenters. The van der Waals surface area contributed by atoms with Crippen molar-refractivity contribution in [2.24, 2.45) is 0 Å². The molecule has 1 aromatic heterocycles. The number of Topliss-reactive ketones (excluding diaryl/α,β-unsaturated/α-hetero) is 1. The average molecular weight is 620 g/mol. The number of nitrogens with one attached hydrogen (secondary N) is 2. The number of aliphatic carboxylic acids is 1. The first-order valence-electron chi connectivity index (χ1n) is 14.7. The lowest BCUT2D eigenvalue weighted by atomic mass is 10.0. The molecule has 2 fully saturated rings. The number of hydrazine groups is 1. The SMILES string of the molecule is O=C(O)C[C@H](NC(=O)[C@@H]1CCCN2C(=O)CC[C@H](NC(=O)CCc3ccccc3)C(=O)N12)C(=O)c1nc2c(CO)cccc2o1. The second-order valence-electron chi connectivity index (χ2n) is 11.0. The second kappa shape index (κ2) is 13.7. The number of para-hydroxylation sites is 1. The van der Waals surface area contributed by atoms with Gasteiger partial charge in [-0.15, -0.1) is 0 Å².